The summed E-state index contributed by atoms with van der Waals surface area (Å²) in [5.41, 5.74) is 0. The molecule has 0 fully saturated rings. The third kappa shape index (κ3) is 1.34. The third-order valence-electron chi connectivity index (χ3n) is 0.997. The molecule has 0 aromatic rings. The zero-order valence-electron chi connectivity index (χ0n) is 8.49. The van der Waals surface area contributed by atoms with E-state index in [9.17, 15) is 0 Å². The predicted octanol–water partition coefficient (Wildman–Crippen LogP) is 2.36. The zero-order valence-corrected chi connectivity index (χ0v) is 4.49. The van der Waals surface area contributed by atoms with E-state index in [1.54, 1.807) is 6.08 Å². The molecule has 0 nitrogen and oxygen atoms in total. The summed E-state index contributed by atoms with van der Waals surface area (Å²) in [6.45, 7) is 1.46. The topological polar surface area (TPSA) is 0 Å². The van der Waals surface area contributed by atoms with Gasteiger partial charge in [-0.05, 0) is 25.1 Å². The van der Waals surface area contributed by atoms with Crippen LogP contribution >= 0.6 is 0 Å². The Morgan fingerprint density at radius 1 is 2.14 bits per heavy atom. The van der Waals surface area contributed by atoms with Crippen LogP contribution in [-0.2, 0) is 0 Å². The lowest BCUT2D eigenvalue weighted by Gasteiger charge is -2.08. The molecule has 7 heavy (non-hydrogen) atoms. The van der Waals surface area contributed by atoms with Crippen LogP contribution in [0.3, 0.4) is 0 Å². The van der Waals surface area contributed by atoms with Crippen LogP contribution in [0.5, 0.6) is 0 Å². The molecular weight excluding hydrogens is 84.1 g/mol. The van der Waals surface area contributed by atoms with Gasteiger partial charge in [0.25, 0.3) is 0 Å². The van der Waals surface area contributed by atoms with Crippen molar-refractivity contribution in [2.45, 2.75) is 26.1 Å². The second kappa shape index (κ2) is 2.15. The van der Waals surface area contributed by atoms with Gasteiger partial charge in [0.15, 0.2) is 0 Å². The third-order valence-corrected chi connectivity index (χ3v) is 0.997. The molecule has 40 valence electrons. The Bertz CT molecular complexity index is 193. The summed E-state index contributed by atoms with van der Waals surface area (Å²) in [6, 6.07) is 0.105. The molecule has 0 saturated carbocycles. The highest BCUT2D eigenvalue weighted by Crippen LogP contribution is 2.14. The maximum absolute atomic E-state index is 7.60. The van der Waals surface area contributed by atoms with E-state index in [-0.39, 0.29) is 6.05 Å². The van der Waals surface area contributed by atoms with Gasteiger partial charge in [-0.2, -0.15) is 0 Å². The smallest absolute Gasteiger partial charge is 0.0575 e. The predicted molar refractivity (Wildman–Crippen MR) is 32.2 cm³/mol. The fourth-order valence-electron chi connectivity index (χ4n) is 0.608. The molecule has 1 aliphatic carbocycles. The van der Waals surface area contributed by atoms with Crippen LogP contribution < -0.4 is 0 Å². The van der Waals surface area contributed by atoms with Crippen LogP contribution in [0, 0.1) is 5.89 Å². The van der Waals surface area contributed by atoms with Gasteiger partial charge < -0.3 is 0 Å². The van der Waals surface area contributed by atoms with E-state index in [4.69, 9.17) is 5.48 Å². The summed E-state index contributed by atoms with van der Waals surface area (Å²) < 4.78 is 29.9. The molecule has 1 atom stereocenters. The molecule has 1 aliphatic rings. The molecule has 0 heterocycles. The van der Waals surface area contributed by atoms with Crippen molar-refractivity contribution in [2.75, 3.05) is 0 Å². The highest BCUT2D eigenvalue weighted by molar-refractivity contribution is 4.90. The minimum atomic E-state index is -1.54. The van der Waals surface area contributed by atoms with Crippen molar-refractivity contribution >= 4 is 0 Å². The van der Waals surface area contributed by atoms with Crippen molar-refractivity contribution in [1.82, 2.24) is 0 Å². The van der Waals surface area contributed by atoms with Gasteiger partial charge in [-0.15, -0.1) is 0 Å². The Hall–Kier alpha value is -0.260. The Morgan fingerprint density at radius 2 is 3.00 bits per heavy atom. The van der Waals surface area contributed by atoms with Crippen molar-refractivity contribution < 1.29 is 5.48 Å². The van der Waals surface area contributed by atoms with Crippen LogP contribution in [0.1, 0.15) is 31.6 Å². The van der Waals surface area contributed by atoms with E-state index in [0.717, 1.165) is 0 Å². The maximum atomic E-state index is 7.60. The first-order valence-corrected chi connectivity index (χ1v) is 2.55. The highest BCUT2D eigenvalue weighted by Gasteiger charge is 1.98. The first-order valence-electron chi connectivity index (χ1n) is 4.55. The van der Waals surface area contributed by atoms with Gasteiger partial charge in [0.05, 0.1) is 1.37 Å². The Labute approximate surface area is 50.9 Å². The average Bonchev–Trinajstić information content (AvgIpc) is 1.84. The maximum Gasteiger partial charge on any atom is 0.0575 e. The first-order chi connectivity index (χ1) is 4.88. The normalized spacial score (nSPS) is 58.1. The summed E-state index contributed by atoms with van der Waals surface area (Å²) in [4.78, 5) is 0. The summed E-state index contributed by atoms with van der Waals surface area (Å²) in [5, 5.41) is 0. The van der Waals surface area contributed by atoms with Crippen LogP contribution in [-0.4, -0.2) is 0 Å². The van der Waals surface area contributed by atoms with Gasteiger partial charge in [0, 0.05) is 4.11 Å². The minimum Gasteiger partial charge on any atom is -0.0883 e. The molecule has 0 saturated heterocycles. The van der Waals surface area contributed by atoms with Gasteiger partial charge in [0.1, 0.15) is 0 Å². The Balaban J connectivity index is 3.00. The number of allylic oxidation sites excluding steroid dienone is 2. The number of rotatable bonds is 0. The Morgan fingerprint density at radius 3 is 3.57 bits per heavy atom. The molecule has 0 heteroatoms. The standard InChI is InChI=1S/C7H12/c1-7-5-3-2-4-6-7/h3,5,7H,2,4,6H2,1H3/i5D,6D2,7D. The van der Waals surface area contributed by atoms with E-state index >= 15 is 0 Å². The van der Waals surface area contributed by atoms with Gasteiger partial charge in [0.2, 0.25) is 0 Å². The van der Waals surface area contributed by atoms with Crippen molar-refractivity contribution in [1.29, 1.82) is 0 Å². The van der Waals surface area contributed by atoms with Crippen LogP contribution in [0.2, 0.25) is 0 Å². The van der Waals surface area contributed by atoms with E-state index in [1.807, 2.05) is 0 Å². The minimum absolute atomic E-state index is 0.105. The van der Waals surface area contributed by atoms with Crippen LogP contribution in [0.25, 0.3) is 0 Å². The molecular formula is C7H12. The van der Waals surface area contributed by atoms with E-state index in [1.165, 1.54) is 6.92 Å². The average molecular weight is 100 g/mol. The van der Waals surface area contributed by atoms with Crippen molar-refractivity contribution in [3.63, 3.8) is 0 Å². The van der Waals surface area contributed by atoms with E-state index in [2.05, 4.69) is 0 Å². The molecule has 0 bridgehead atoms. The van der Waals surface area contributed by atoms with Gasteiger partial charge in [-0.25, -0.2) is 0 Å². The monoisotopic (exact) mass is 100 g/mol. The summed E-state index contributed by atoms with van der Waals surface area (Å²) >= 11 is 0. The number of hydrogen-bond donors (Lipinski definition) is 0. The second-order valence-electron chi connectivity index (χ2n) is 1.69. The van der Waals surface area contributed by atoms with Crippen LogP contribution in [0.4, 0.5) is 0 Å². The molecule has 0 aromatic heterocycles. The van der Waals surface area contributed by atoms with Crippen molar-refractivity contribution in [3.05, 3.63) is 12.1 Å². The van der Waals surface area contributed by atoms with E-state index < -0.39 is 12.3 Å². The molecule has 0 aliphatic heterocycles. The van der Waals surface area contributed by atoms with Crippen LogP contribution in [0.15, 0.2) is 12.1 Å². The zero-order chi connectivity index (χ0) is 8.70. The van der Waals surface area contributed by atoms with Gasteiger partial charge in [-0.1, -0.05) is 19.1 Å². The fraction of sp³-hybridized carbons (Fsp3) is 0.714. The largest absolute Gasteiger partial charge is 0.0883 e. The second-order valence-corrected chi connectivity index (χ2v) is 1.69. The molecule has 0 spiro atoms. The molecule has 0 aromatic carbocycles. The lowest BCUT2D eigenvalue weighted by Crippen LogP contribution is -1.92. The summed E-state index contributed by atoms with van der Waals surface area (Å²) in [5.74, 6) is -1.36. The highest BCUT2D eigenvalue weighted by atomic mass is 14.0. The number of hydrogen-bond acceptors (Lipinski definition) is 0. The molecule has 1 rings (SSSR count). The summed E-state index contributed by atoms with van der Waals surface area (Å²) in [7, 11) is 0. The quantitative estimate of drug-likeness (QED) is 0.410. The lowest BCUT2D eigenvalue weighted by molar-refractivity contribution is 0.584. The van der Waals surface area contributed by atoms with Crippen molar-refractivity contribution in [3.8, 4) is 0 Å². The first kappa shape index (κ1) is 1.93. The fourth-order valence-corrected chi connectivity index (χ4v) is 0.608. The lowest BCUT2D eigenvalue weighted by atomic mass is 9.98. The van der Waals surface area contributed by atoms with Gasteiger partial charge in [-0.3, -0.25) is 0 Å². The summed E-state index contributed by atoms with van der Waals surface area (Å²) in [6.07, 6.45) is 1.03. The SMILES string of the molecule is [2H]C1=CCCC([2H])([2H])C1([2H])C. The van der Waals surface area contributed by atoms with E-state index in [0.29, 0.717) is 12.8 Å². The molecule has 1 unspecified atom stereocenters. The van der Waals surface area contributed by atoms with Gasteiger partial charge >= 0.3 is 0 Å². The molecule has 0 radical (unpaired) electrons. The van der Waals surface area contributed by atoms with Crippen molar-refractivity contribution in [2.24, 2.45) is 5.89 Å². The molecule has 0 amide bonds. The molecule has 0 N–H and O–H groups in total. The Kier molecular flexibility index (Phi) is 0.592.